The van der Waals surface area contributed by atoms with E-state index < -0.39 is 0 Å². The smallest absolute Gasteiger partial charge is 0.231 e. The number of benzene rings is 1. The van der Waals surface area contributed by atoms with E-state index in [0.717, 1.165) is 33.9 Å². The highest BCUT2D eigenvalue weighted by atomic mass is 16.7. The van der Waals surface area contributed by atoms with Gasteiger partial charge in [-0.3, -0.25) is 0 Å². The van der Waals surface area contributed by atoms with Gasteiger partial charge in [0.2, 0.25) is 6.79 Å². The van der Waals surface area contributed by atoms with Gasteiger partial charge in [0, 0.05) is 19.8 Å². The van der Waals surface area contributed by atoms with Crippen LogP contribution in [0, 0.1) is 0 Å². The van der Waals surface area contributed by atoms with Crippen molar-refractivity contribution in [1.29, 1.82) is 0 Å². The maximum absolute atomic E-state index is 5.39. The van der Waals surface area contributed by atoms with Gasteiger partial charge >= 0.3 is 0 Å². The Hall–Kier alpha value is -2.76. The average molecular weight is 282 g/mol. The van der Waals surface area contributed by atoms with Crippen LogP contribution in [-0.2, 0) is 13.6 Å². The van der Waals surface area contributed by atoms with Crippen LogP contribution in [0.5, 0.6) is 11.5 Å². The molecule has 1 N–H and O–H groups in total. The maximum Gasteiger partial charge on any atom is 0.231 e. The number of rotatable bonds is 3. The Morgan fingerprint density at radius 3 is 3.05 bits per heavy atom. The second-order valence-electron chi connectivity index (χ2n) is 4.93. The Balaban J connectivity index is 1.58. The normalized spacial score (nSPS) is 12.8. The summed E-state index contributed by atoms with van der Waals surface area (Å²) < 4.78 is 12.7. The van der Waals surface area contributed by atoms with Gasteiger partial charge in [-0.1, -0.05) is 6.07 Å². The standard InChI is InChI=1S/C15H14N4O2/c1-19-5-4-11-14(17-8-18-15(11)19)16-7-10-2-3-12-13(6-10)21-9-20-12/h2-6,8H,7,9H2,1H3,(H,16,17,18). The quantitative estimate of drug-likeness (QED) is 0.798. The molecule has 1 aliphatic rings. The molecule has 4 rings (SSSR count). The molecule has 1 aromatic carbocycles. The number of aromatic nitrogens is 3. The van der Waals surface area contributed by atoms with E-state index >= 15 is 0 Å². The maximum atomic E-state index is 5.39. The van der Waals surface area contributed by atoms with Crippen molar-refractivity contribution >= 4 is 16.9 Å². The van der Waals surface area contributed by atoms with Crippen molar-refractivity contribution in [2.24, 2.45) is 7.05 Å². The lowest BCUT2D eigenvalue weighted by molar-refractivity contribution is 0.174. The summed E-state index contributed by atoms with van der Waals surface area (Å²) in [5, 5.41) is 4.36. The van der Waals surface area contributed by atoms with Crippen LogP contribution >= 0.6 is 0 Å². The van der Waals surface area contributed by atoms with E-state index in [4.69, 9.17) is 9.47 Å². The molecule has 0 saturated heterocycles. The van der Waals surface area contributed by atoms with Crippen LogP contribution in [0.4, 0.5) is 5.82 Å². The highest BCUT2D eigenvalue weighted by Crippen LogP contribution is 2.32. The lowest BCUT2D eigenvalue weighted by Gasteiger charge is -2.07. The molecule has 0 bridgehead atoms. The average Bonchev–Trinajstić information content (AvgIpc) is 3.12. The summed E-state index contributed by atoms with van der Waals surface area (Å²) in [6, 6.07) is 7.94. The van der Waals surface area contributed by atoms with Crippen molar-refractivity contribution in [2.75, 3.05) is 12.1 Å². The second kappa shape index (κ2) is 4.66. The third kappa shape index (κ3) is 2.05. The number of ether oxygens (including phenoxy) is 2. The van der Waals surface area contributed by atoms with Gasteiger partial charge in [-0.2, -0.15) is 0 Å². The van der Waals surface area contributed by atoms with Crippen molar-refractivity contribution < 1.29 is 9.47 Å². The van der Waals surface area contributed by atoms with Crippen LogP contribution in [0.25, 0.3) is 11.0 Å². The number of hydrogen-bond donors (Lipinski definition) is 1. The van der Waals surface area contributed by atoms with E-state index in [1.165, 1.54) is 0 Å². The molecule has 3 heterocycles. The van der Waals surface area contributed by atoms with Crippen LogP contribution in [0.1, 0.15) is 5.56 Å². The fraction of sp³-hybridized carbons (Fsp3) is 0.200. The highest BCUT2D eigenvalue weighted by Gasteiger charge is 2.13. The van der Waals surface area contributed by atoms with Crippen LogP contribution in [0.3, 0.4) is 0 Å². The number of aryl methyl sites for hydroxylation is 1. The van der Waals surface area contributed by atoms with Crippen molar-refractivity contribution in [1.82, 2.24) is 14.5 Å². The van der Waals surface area contributed by atoms with Crippen molar-refractivity contribution in [3.63, 3.8) is 0 Å². The summed E-state index contributed by atoms with van der Waals surface area (Å²) in [5.41, 5.74) is 2.03. The molecule has 3 aromatic rings. The molecule has 6 nitrogen and oxygen atoms in total. The Labute approximate surface area is 121 Å². The zero-order valence-corrected chi connectivity index (χ0v) is 11.5. The summed E-state index contributed by atoms with van der Waals surface area (Å²) in [4.78, 5) is 8.60. The molecule has 0 fully saturated rings. The van der Waals surface area contributed by atoms with E-state index in [9.17, 15) is 0 Å². The first-order chi connectivity index (χ1) is 10.3. The predicted octanol–water partition coefficient (Wildman–Crippen LogP) is 2.31. The first-order valence-corrected chi connectivity index (χ1v) is 6.70. The molecule has 0 atom stereocenters. The Morgan fingerprint density at radius 1 is 1.19 bits per heavy atom. The number of fused-ring (bicyclic) bond motifs is 2. The lowest BCUT2D eigenvalue weighted by atomic mass is 10.2. The molecule has 0 aliphatic carbocycles. The van der Waals surface area contributed by atoms with E-state index in [0.29, 0.717) is 13.3 Å². The molecule has 21 heavy (non-hydrogen) atoms. The third-order valence-corrected chi connectivity index (χ3v) is 3.56. The first-order valence-electron chi connectivity index (χ1n) is 6.70. The van der Waals surface area contributed by atoms with Crippen LogP contribution in [0.15, 0.2) is 36.8 Å². The molecule has 0 radical (unpaired) electrons. The van der Waals surface area contributed by atoms with Gasteiger partial charge in [0.15, 0.2) is 11.5 Å². The van der Waals surface area contributed by atoms with Crippen molar-refractivity contribution in [2.45, 2.75) is 6.54 Å². The van der Waals surface area contributed by atoms with E-state index in [2.05, 4.69) is 15.3 Å². The Bertz CT molecular complexity index is 813. The molecule has 2 aromatic heterocycles. The topological polar surface area (TPSA) is 61.2 Å². The van der Waals surface area contributed by atoms with Crippen LogP contribution in [-0.4, -0.2) is 21.3 Å². The second-order valence-corrected chi connectivity index (χ2v) is 4.93. The van der Waals surface area contributed by atoms with Gasteiger partial charge in [-0.05, 0) is 23.8 Å². The molecular weight excluding hydrogens is 268 g/mol. The minimum atomic E-state index is 0.294. The Morgan fingerprint density at radius 2 is 2.10 bits per heavy atom. The van der Waals surface area contributed by atoms with Crippen LogP contribution in [0.2, 0.25) is 0 Å². The minimum Gasteiger partial charge on any atom is -0.454 e. The molecular formula is C15H14N4O2. The Kier molecular flexibility index (Phi) is 2.67. The molecule has 0 unspecified atom stereocenters. The van der Waals surface area contributed by atoms with Gasteiger partial charge in [0.1, 0.15) is 17.8 Å². The van der Waals surface area contributed by atoms with Gasteiger partial charge in [-0.25, -0.2) is 9.97 Å². The molecule has 0 saturated carbocycles. The number of nitrogens with zero attached hydrogens (tertiary/aromatic N) is 3. The fourth-order valence-electron chi connectivity index (χ4n) is 2.46. The van der Waals surface area contributed by atoms with Gasteiger partial charge < -0.3 is 19.4 Å². The van der Waals surface area contributed by atoms with E-state index in [1.54, 1.807) is 6.33 Å². The summed E-state index contributed by atoms with van der Waals surface area (Å²) in [6.07, 6.45) is 3.55. The first kappa shape index (κ1) is 12.0. The zero-order chi connectivity index (χ0) is 14.2. The highest BCUT2D eigenvalue weighted by molar-refractivity contribution is 5.87. The van der Waals surface area contributed by atoms with Gasteiger partial charge in [0.25, 0.3) is 0 Å². The molecule has 6 heteroatoms. The molecule has 106 valence electrons. The molecule has 1 aliphatic heterocycles. The summed E-state index contributed by atoms with van der Waals surface area (Å²) in [5.74, 6) is 2.42. The van der Waals surface area contributed by atoms with Crippen molar-refractivity contribution in [3.8, 4) is 11.5 Å². The van der Waals surface area contributed by atoms with E-state index in [1.807, 2.05) is 42.1 Å². The van der Waals surface area contributed by atoms with Gasteiger partial charge in [-0.15, -0.1) is 0 Å². The predicted molar refractivity (Wildman–Crippen MR) is 78.4 cm³/mol. The van der Waals surface area contributed by atoms with Crippen molar-refractivity contribution in [3.05, 3.63) is 42.4 Å². The number of hydrogen-bond acceptors (Lipinski definition) is 5. The van der Waals surface area contributed by atoms with E-state index in [-0.39, 0.29) is 0 Å². The summed E-state index contributed by atoms with van der Waals surface area (Å²) >= 11 is 0. The SMILES string of the molecule is Cn1ccc2c(NCc3ccc4c(c3)OCO4)ncnc21. The fourth-order valence-corrected chi connectivity index (χ4v) is 2.46. The zero-order valence-electron chi connectivity index (χ0n) is 11.5. The van der Waals surface area contributed by atoms with Crippen LogP contribution < -0.4 is 14.8 Å². The number of nitrogens with one attached hydrogen (secondary N) is 1. The minimum absolute atomic E-state index is 0.294. The lowest BCUT2D eigenvalue weighted by Crippen LogP contribution is -2.02. The largest absolute Gasteiger partial charge is 0.454 e. The van der Waals surface area contributed by atoms with Gasteiger partial charge in [0.05, 0.1) is 5.39 Å². The summed E-state index contributed by atoms with van der Waals surface area (Å²) in [6.45, 7) is 0.959. The monoisotopic (exact) mass is 282 g/mol. The molecule has 0 spiro atoms. The number of anilines is 1. The third-order valence-electron chi connectivity index (χ3n) is 3.56. The molecule has 0 amide bonds. The summed E-state index contributed by atoms with van der Waals surface area (Å²) in [7, 11) is 1.97.